The summed E-state index contributed by atoms with van der Waals surface area (Å²) in [7, 11) is 0. The molecule has 1 heterocycles. The highest BCUT2D eigenvalue weighted by molar-refractivity contribution is 7.71. The van der Waals surface area contributed by atoms with Crippen LogP contribution in [-0.2, 0) is 5.41 Å². The second-order valence-corrected chi connectivity index (χ2v) is 7.38. The lowest BCUT2D eigenvalue weighted by molar-refractivity contribution is 0.248. The van der Waals surface area contributed by atoms with Gasteiger partial charge in [0.1, 0.15) is 0 Å². The molecule has 0 aliphatic heterocycles. The number of hydrogen-bond donors (Lipinski definition) is 1. The quantitative estimate of drug-likeness (QED) is 0.725. The monoisotopic (exact) mass is 252 g/mol. The van der Waals surface area contributed by atoms with Gasteiger partial charge in [-0.3, -0.25) is 0 Å². The second-order valence-electron chi connectivity index (χ2n) is 7.00. The van der Waals surface area contributed by atoms with Gasteiger partial charge in [-0.15, -0.1) is 0 Å². The first-order valence-corrected chi connectivity index (χ1v) is 6.95. The van der Waals surface area contributed by atoms with Gasteiger partial charge in [-0.1, -0.05) is 41.0 Å². The van der Waals surface area contributed by atoms with Gasteiger partial charge in [0, 0.05) is 23.3 Å². The summed E-state index contributed by atoms with van der Waals surface area (Å²) in [6.07, 6.45) is 5.96. The molecule has 1 aromatic heterocycles. The van der Waals surface area contributed by atoms with Gasteiger partial charge in [0.05, 0.1) is 0 Å². The van der Waals surface area contributed by atoms with E-state index in [0.29, 0.717) is 11.5 Å². The van der Waals surface area contributed by atoms with E-state index in [1.165, 1.54) is 25.0 Å². The predicted octanol–water partition coefficient (Wildman–Crippen LogP) is 4.59. The molecular weight excluding hydrogens is 228 g/mol. The van der Waals surface area contributed by atoms with Crippen LogP contribution in [0.1, 0.15) is 65.6 Å². The van der Waals surface area contributed by atoms with Crippen LogP contribution in [0.5, 0.6) is 0 Å². The number of rotatable bonds is 1. The van der Waals surface area contributed by atoms with Crippen molar-refractivity contribution in [2.75, 3.05) is 0 Å². The van der Waals surface area contributed by atoms with Crippen molar-refractivity contribution in [2.24, 2.45) is 5.41 Å². The first-order chi connectivity index (χ1) is 7.73. The first-order valence-electron chi connectivity index (χ1n) is 6.54. The number of nitrogens with zero attached hydrogens (tertiary/aromatic N) is 1. The van der Waals surface area contributed by atoms with Gasteiger partial charge in [0.25, 0.3) is 0 Å². The summed E-state index contributed by atoms with van der Waals surface area (Å²) >= 11 is 5.49. The standard InChI is InChI=1S/C14H24N2S/c1-13(2,3)11-9-15-12(17)16(11)10-7-6-8-14(10,4)5/h9-10H,6-8H2,1-5H3,(H,15,17). The fourth-order valence-electron chi connectivity index (χ4n) is 3.05. The molecule has 1 fully saturated rings. The Morgan fingerprint density at radius 2 is 2.06 bits per heavy atom. The number of aromatic amines is 1. The van der Waals surface area contributed by atoms with Crippen LogP contribution in [-0.4, -0.2) is 9.55 Å². The molecule has 0 radical (unpaired) electrons. The van der Waals surface area contributed by atoms with Gasteiger partial charge >= 0.3 is 0 Å². The highest BCUT2D eigenvalue weighted by Crippen LogP contribution is 2.47. The molecule has 0 saturated heterocycles. The van der Waals surface area contributed by atoms with Crippen molar-refractivity contribution in [3.8, 4) is 0 Å². The predicted molar refractivity (Wildman–Crippen MR) is 75.0 cm³/mol. The summed E-state index contributed by atoms with van der Waals surface area (Å²) in [6, 6.07) is 0.551. The van der Waals surface area contributed by atoms with Crippen LogP contribution in [0.4, 0.5) is 0 Å². The zero-order valence-electron chi connectivity index (χ0n) is 11.6. The maximum Gasteiger partial charge on any atom is 0.177 e. The van der Waals surface area contributed by atoms with Crippen molar-refractivity contribution < 1.29 is 0 Å². The van der Waals surface area contributed by atoms with Gasteiger partial charge in [-0.2, -0.15) is 0 Å². The van der Waals surface area contributed by atoms with E-state index in [1.807, 2.05) is 0 Å². The first kappa shape index (κ1) is 12.9. The molecule has 1 N–H and O–H groups in total. The fourth-order valence-corrected chi connectivity index (χ4v) is 3.34. The smallest absolute Gasteiger partial charge is 0.177 e. The summed E-state index contributed by atoms with van der Waals surface area (Å²) in [6.45, 7) is 11.5. The minimum absolute atomic E-state index is 0.145. The van der Waals surface area contributed by atoms with Gasteiger partial charge in [-0.05, 0) is 30.5 Å². The van der Waals surface area contributed by atoms with Crippen molar-refractivity contribution in [3.63, 3.8) is 0 Å². The van der Waals surface area contributed by atoms with Crippen molar-refractivity contribution in [2.45, 2.75) is 65.3 Å². The Balaban J connectivity index is 2.52. The third-order valence-corrected chi connectivity index (χ3v) is 4.41. The van der Waals surface area contributed by atoms with Gasteiger partial charge < -0.3 is 9.55 Å². The third-order valence-electron chi connectivity index (χ3n) is 4.09. The van der Waals surface area contributed by atoms with Crippen LogP contribution >= 0.6 is 12.2 Å². The van der Waals surface area contributed by atoms with Crippen LogP contribution in [0, 0.1) is 10.2 Å². The van der Waals surface area contributed by atoms with Crippen molar-refractivity contribution in [3.05, 3.63) is 16.7 Å². The Morgan fingerprint density at radius 3 is 2.53 bits per heavy atom. The van der Waals surface area contributed by atoms with E-state index in [4.69, 9.17) is 12.2 Å². The van der Waals surface area contributed by atoms with Crippen LogP contribution in [0.3, 0.4) is 0 Å². The number of H-pyrrole nitrogens is 1. The van der Waals surface area contributed by atoms with E-state index in [0.717, 1.165) is 4.77 Å². The lowest BCUT2D eigenvalue weighted by atomic mass is 9.85. The minimum Gasteiger partial charge on any atom is -0.337 e. The van der Waals surface area contributed by atoms with Gasteiger partial charge in [0.15, 0.2) is 4.77 Å². The normalized spacial score (nSPS) is 24.2. The Hall–Kier alpha value is -0.570. The molecule has 96 valence electrons. The van der Waals surface area contributed by atoms with Crippen LogP contribution < -0.4 is 0 Å². The lowest BCUT2D eigenvalue weighted by Crippen LogP contribution is -2.27. The molecule has 0 spiro atoms. The third kappa shape index (κ3) is 2.22. The highest BCUT2D eigenvalue weighted by atomic mass is 32.1. The molecule has 1 saturated carbocycles. The molecule has 1 aliphatic rings. The van der Waals surface area contributed by atoms with Crippen LogP contribution in [0.25, 0.3) is 0 Å². The zero-order chi connectivity index (χ0) is 12.8. The fraction of sp³-hybridized carbons (Fsp3) is 0.786. The number of nitrogens with one attached hydrogen (secondary N) is 1. The van der Waals surface area contributed by atoms with E-state index in [9.17, 15) is 0 Å². The second kappa shape index (κ2) is 3.98. The number of hydrogen-bond acceptors (Lipinski definition) is 1. The van der Waals surface area contributed by atoms with Crippen molar-refractivity contribution in [1.29, 1.82) is 0 Å². The molecule has 0 bridgehead atoms. The average Bonchev–Trinajstić information content (AvgIpc) is 2.67. The topological polar surface area (TPSA) is 20.7 Å². The van der Waals surface area contributed by atoms with Crippen molar-refractivity contribution in [1.82, 2.24) is 9.55 Å². The summed E-state index contributed by atoms with van der Waals surface area (Å²) in [5, 5.41) is 0. The SMILES string of the molecule is CC(C)(C)c1c[nH]c(=S)n1C1CCCC1(C)C. The highest BCUT2D eigenvalue weighted by Gasteiger charge is 2.38. The van der Waals surface area contributed by atoms with Crippen LogP contribution in [0.15, 0.2) is 6.20 Å². The summed E-state index contributed by atoms with van der Waals surface area (Å²) in [5.74, 6) is 0. The summed E-state index contributed by atoms with van der Waals surface area (Å²) in [4.78, 5) is 3.24. The lowest BCUT2D eigenvalue weighted by Gasteiger charge is -2.32. The molecule has 2 rings (SSSR count). The van der Waals surface area contributed by atoms with E-state index in [1.54, 1.807) is 0 Å². The van der Waals surface area contributed by atoms with Crippen molar-refractivity contribution >= 4 is 12.2 Å². The molecule has 1 atom stereocenters. The Labute approximate surface area is 109 Å². The molecule has 17 heavy (non-hydrogen) atoms. The summed E-state index contributed by atoms with van der Waals surface area (Å²) in [5.41, 5.74) is 1.84. The molecule has 3 heteroatoms. The Bertz CT molecular complexity index is 459. The molecule has 0 amide bonds. The van der Waals surface area contributed by atoms with E-state index in [-0.39, 0.29) is 5.41 Å². The van der Waals surface area contributed by atoms with E-state index < -0.39 is 0 Å². The minimum atomic E-state index is 0.145. The molecular formula is C14H24N2S. The largest absolute Gasteiger partial charge is 0.337 e. The van der Waals surface area contributed by atoms with E-state index >= 15 is 0 Å². The van der Waals surface area contributed by atoms with Gasteiger partial charge in [-0.25, -0.2) is 0 Å². The van der Waals surface area contributed by atoms with E-state index in [2.05, 4.69) is 50.4 Å². The Kier molecular flexibility index (Phi) is 3.01. The maximum absolute atomic E-state index is 5.49. The Morgan fingerprint density at radius 1 is 1.41 bits per heavy atom. The zero-order valence-corrected chi connectivity index (χ0v) is 12.4. The molecule has 1 aliphatic carbocycles. The number of imidazole rings is 1. The molecule has 1 aromatic rings. The average molecular weight is 252 g/mol. The molecule has 2 nitrogen and oxygen atoms in total. The number of aromatic nitrogens is 2. The maximum atomic E-state index is 5.49. The van der Waals surface area contributed by atoms with Gasteiger partial charge in [0.2, 0.25) is 0 Å². The molecule has 0 aromatic carbocycles. The summed E-state index contributed by atoms with van der Waals surface area (Å²) < 4.78 is 3.26. The molecule has 1 unspecified atom stereocenters. The van der Waals surface area contributed by atoms with Crippen LogP contribution in [0.2, 0.25) is 0 Å².